The standard InChI is InChI=1S/C17H23ClN2/c1-5-6-7-20-16-9-15(18)13(11-19)8-14(16)12(2)10-17(20,3)4/h8-9,12H,5-7,10H2,1-4H3/t12-/m1/s1. The lowest BCUT2D eigenvalue weighted by molar-refractivity contribution is 0.374. The third-order valence-corrected chi connectivity index (χ3v) is 4.64. The smallest absolute Gasteiger partial charge is 0.101 e. The lowest BCUT2D eigenvalue weighted by Crippen LogP contribution is -2.48. The summed E-state index contributed by atoms with van der Waals surface area (Å²) in [5, 5.41) is 9.74. The van der Waals surface area contributed by atoms with Crippen molar-refractivity contribution in [1.29, 1.82) is 5.26 Å². The second kappa shape index (κ2) is 5.66. The molecule has 1 atom stereocenters. The Labute approximate surface area is 127 Å². The SMILES string of the molecule is CCCCN1c2cc(Cl)c(C#N)cc2[C@H](C)CC1(C)C. The van der Waals surface area contributed by atoms with Gasteiger partial charge >= 0.3 is 0 Å². The van der Waals surface area contributed by atoms with Gasteiger partial charge in [0.25, 0.3) is 0 Å². The van der Waals surface area contributed by atoms with E-state index >= 15 is 0 Å². The Bertz CT molecular complexity index is 543. The number of fused-ring (bicyclic) bond motifs is 1. The van der Waals surface area contributed by atoms with E-state index in [9.17, 15) is 0 Å². The van der Waals surface area contributed by atoms with Crippen LogP contribution in [0.2, 0.25) is 5.02 Å². The van der Waals surface area contributed by atoms with Crippen molar-refractivity contribution in [2.24, 2.45) is 0 Å². The number of hydrogen-bond acceptors (Lipinski definition) is 2. The van der Waals surface area contributed by atoms with Gasteiger partial charge in [-0.05, 0) is 50.3 Å². The highest BCUT2D eigenvalue weighted by Gasteiger charge is 2.36. The summed E-state index contributed by atoms with van der Waals surface area (Å²) in [4.78, 5) is 2.47. The maximum atomic E-state index is 9.17. The molecule has 2 rings (SSSR count). The number of benzene rings is 1. The number of anilines is 1. The average molecular weight is 291 g/mol. The van der Waals surface area contributed by atoms with Crippen LogP contribution in [0.4, 0.5) is 5.69 Å². The molecule has 0 fully saturated rings. The molecule has 0 amide bonds. The number of rotatable bonds is 3. The van der Waals surface area contributed by atoms with Crippen molar-refractivity contribution in [3.8, 4) is 6.07 Å². The second-order valence-electron chi connectivity index (χ2n) is 6.43. The molecule has 0 N–H and O–H groups in total. The molecule has 1 aliphatic heterocycles. The van der Waals surface area contributed by atoms with Gasteiger partial charge in [-0.3, -0.25) is 0 Å². The molecule has 1 aromatic carbocycles. The summed E-state index contributed by atoms with van der Waals surface area (Å²) >= 11 is 6.25. The molecule has 1 heterocycles. The Hall–Kier alpha value is -1.20. The van der Waals surface area contributed by atoms with Crippen molar-refractivity contribution in [3.05, 3.63) is 28.3 Å². The van der Waals surface area contributed by atoms with Gasteiger partial charge in [0.1, 0.15) is 6.07 Å². The van der Waals surface area contributed by atoms with Crippen LogP contribution in [0.1, 0.15) is 64.0 Å². The van der Waals surface area contributed by atoms with Gasteiger partial charge in [0.05, 0.1) is 10.6 Å². The fourth-order valence-corrected chi connectivity index (χ4v) is 3.53. The average Bonchev–Trinajstić information content (AvgIpc) is 2.37. The van der Waals surface area contributed by atoms with Crippen molar-refractivity contribution in [2.75, 3.05) is 11.4 Å². The molecular weight excluding hydrogens is 268 g/mol. The van der Waals surface area contributed by atoms with Gasteiger partial charge < -0.3 is 4.90 Å². The summed E-state index contributed by atoms with van der Waals surface area (Å²) in [5.41, 5.74) is 3.21. The van der Waals surface area contributed by atoms with Gasteiger partial charge in [0.15, 0.2) is 0 Å². The van der Waals surface area contributed by atoms with E-state index in [-0.39, 0.29) is 5.54 Å². The third kappa shape index (κ3) is 2.65. The van der Waals surface area contributed by atoms with Gasteiger partial charge in [-0.2, -0.15) is 5.26 Å². The van der Waals surface area contributed by atoms with Gasteiger partial charge in [0.2, 0.25) is 0 Å². The zero-order chi connectivity index (χ0) is 14.9. The summed E-state index contributed by atoms with van der Waals surface area (Å²) in [6, 6.07) is 6.17. The van der Waals surface area contributed by atoms with Gasteiger partial charge in [-0.25, -0.2) is 0 Å². The Morgan fingerprint density at radius 3 is 2.75 bits per heavy atom. The van der Waals surface area contributed by atoms with E-state index in [0.717, 1.165) is 13.0 Å². The molecule has 0 saturated carbocycles. The second-order valence-corrected chi connectivity index (χ2v) is 6.83. The first kappa shape index (κ1) is 15.2. The van der Waals surface area contributed by atoms with Crippen molar-refractivity contribution in [3.63, 3.8) is 0 Å². The van der Waals surface area contributed by atoms with Crippen molar-refractivity contribution < 1.29 is 0 Å². The highest BCUT2D eigenvalue weighted by atomic mass is 35.5. The predicted octanol–water partition coefficient (Wildman–Crippen LogP) is 5.10. The zero-order valence-electron chi connectivity index (χ0n) is 12.8. The van der Waals surface area contributed by atoms with E-state index in [1.54, 1.807) is 0 Å². The number of nitriles is 1. The minimum atomic E-state index is 0.138. The molecular formula is C17H23ClN2. The first-order chi connectivity index (χ1) is 9.40. The monoisotopic (exact) mass is 290 g/mol. The molecule has 3 heteroatoms. The summed E-state index contributed by atoms with van der Waals surface area (Å²) in [7, 11) is 0. The normalized spacial score (nSPS) is 20.4. The molecule has 108 valence electrons. The molecule has 0 unspecified atom stereocenters. The molecule has 0 saturated heterocycles. The van der Waals surface area contributed by atoms with E-state index in [2.05, 4.69) is 38.7 Å². The molecule has 20 heavy (non-hydrogen) atoms. The van der Waals surface area contributed by atoms with E-state index in [1.165, 1.54) is 24.1 Å². The van der Waals surface area contributed by atoms with Crippen molar-refractivity contribution in [2.45, 2.75) is 58.4 Å². The minimum absolute atomic E-state index is 0.138. The quantitative estimate of drug-likeness (QED) is 0.774. The maximum Gasteiger partial charge on any atom is 0.101 e. The molecule has 0 radical (unpaired) electrons. The van der Waals surface area contributed by atoms with Crippen LogP contribution in [0.3, 0.4) is 0 Å². The Balaban J connectivity index is 2.52. The molecule has 0 spiro atoms. The van der Waals surface area contributed by atoms with E-state index < -0.39 is 0 Å². The maximum absolute atomic E-state index is 9.17. The third-order valence-electron chi connectivity index (χ3n) is 4.33. The Morgan fingerprint density at radius 2 is 2.15 bits per heavy atom. The number of nitrogens with zero attached hydrogens (tertiary/aromatic N) is 2. The zero-order valence-corrected chi connectivity index (χ0v) is 13.6. The number of hydrogen-bond donors (Lipinski definition) is 0. The van der Waals surface area contributed by atoms with Crippen molar-refractivity contribution >= 4 is 17.3 Å². The summed E-state index contributed by atoms with van der Waals surface area (Å²) < 4.78 is 0. The fourth-order valence-electron chi connectivity index (χ4n) is 3.33. The lowest BCUT2D eigenvalue weighted by atomic mass is 9.79. The Morgan fingerprint density at radius 1 is 1.45 bits per heavy atom. The van der Waals surface area contributed by atoms with Crippen LogP contribution in [0.5, 0.6) is 0 Å². The van der Waals surface area contributed by atoms with Crippen LogP contribution >= 0.6 is 11.6 Å². The minimum Gasteiger partial charge on any atom is -0.366 e. The van der Waals surface area contributed by atoms with Crippen molar-refractivity contribution in [1.82, 2.24) is 0 Å². The van der Waals surface area contributed by atoms with Crippen LogP contribution in [-0.2, 0) is 0 Å². The van der Waals surface area contributed by atoms with Crippen LogP contribution in [0.15, 0.2) is 12.1 Å². The van der Waals surface area contributed by atoms with E-state index in [0.29, 0.717) is 16.5 Å². The summed E-state index contributed by atoms with van der Waals surface area (Å²) in [6.45, 7) is 10.1. The topological polar surface area (TPSA) is 27.0 Å². The van der Waals surface area contributed by atoms with Gasteiger partial charge in [-0.15, -0.1) is 0 Å². The van der Waals surface area contributed by atoms with Gasteiger partial charge in [-0.1, -0.05) is 31.9 Å². The van der Waals surface area contributed by atoms with Gasteiger partial charge in [0, 0.05) is 17.8 Å². The van der Waals surface area contributed by atoms with Crippen LogP contribution in [0, 0.1) is 11.3 Å². The molecule has 0 aliphatic carbocycles. The van der Waals surface area contributed by atoms with Crippen LogP contribution in [-0.4, -0.2) is 12.1 Å². The molecule has 1 aliphatic rings. The van der Waals surface area contributed by atoms with E-state index in [1.807, 2.05) is 12.1 Å². The predicted molar refractivity (Wildman–Crippen MR) is 85.5 cm³/mol. The summed E-state index contributed by atoms with van der Waals surface area (Å²) in [5.74, 6) is 0.460. The first-order valence-electron chi connectivity index (χ1n) is 7.42. The van der Waals surface area contributed by atoms with Crippen LogP contribution < -0.4 is 4.90 Å². The molecule has 0 bridgehead atoms. The summed E-state index contributed by atoms with van der Waals surface area (Å²) in [6.07, 6.45) is 3.46. The first-order valence-corrected chi connectivity index (χ1v) is 7.79. The highest BCUT2D eigenvalue weighted by molar-refractivity contribution is 6.32. The number of unbranched alkanes of at least 4 members (excludes halogenated alkanes) is 1. The Kier molecular flexibility index (Phi) is 4.30. The highest BCUT2D eigenvalue weighted by Crippen LogP contribution is 2.45. The molecule has 1 aromatic rings. The fraction of sp³-hybridized carbons (Fsp3) is 0.588. The lowest BCUT2D eigenvalue weighted by Gasteiger charge is -2.47. The largest absolute Gasteiger partial charge is 0.366 e. The number of halogens is 1. The molecule has 0 aromatic heterocycles. The molecule has 2 nitrogen and oxygen atoms in total. The van der Waals surface area contributed by atoms with E-state index in [4.69, 9.17) is 16.9 Å². The van der Waals surface area contributed by atoms with Crippen LogP contribution in [0.25, 0.3) is 0 Å².